The molecule has 7 nitrogen and oxygen atoms in total. The summed E-state index contributed by atoms with van der Waals surface area (Å²) in [5.74, 6) is 1.54. The number of hydrogen-bond acceptors (Lipinski definition) is 7. The van der Waals surface area contributed by atoms with Gasteiger partial charge in [0.15, 0.2) is 15.7 Å². The Labute approximate surface area is 177 Å². The number of ether oxygens (including phenoxy) is 1. The van der Waals surface area contributed by atoms with Crippen LogP contribution in [0.3, 0.4) is 0 Å². The highest BCUT2D eigenvalue weighted by Crippen LogP contribution is 2.42. The van der Waals surface area contributed by atoms with Crippen LogP contribution in [0.25, 0.3) is 17.5 Å². The largest absolute Gasteiger partial charge is 0.377 e. The molecule has 8 heteroatoms. The summed E-state index contributed by atoms with van der Waals surface area (Å²) in [5, 5.41) is 0. The van der Waals surface area contributed by atoms with Gasteiger partial charge < -0.3 is 9.64 Å². The van der Waals surface area contributed by atoms with Gasteiger partial charge in [-0.2, -0.15) is 0 Å². The molecule has 0 unspecified atom stereocenters. The minimum atomic E-state index is -3.27. The molecule has 2 aromatic rings. The van der Waals surface area contributed by atoms with Crippen molar-refractivity contribution in [3.63, 3.8) is 0 Å². The summed E-state index contributed by atoms with van der Waals surface area (Å²) in [6.07, 6.45) is 7.95. The number of pyridine rings is 1. The van der Waals surface area contributed by atoms with Crippen LogP contribution in [0.5, 0.6) is 0 Å². The molecule has 158 valence electrons. The van der Waals surface area contributed by atoms with E-state index in [0.717, 1.165) is 35.6 Å². The zero-order valence-corrected chi connectivity index (χ0v) is 18.2. The molecule has 0 amide bonds. The SMILES string of the molecule is C[C@@H]1COCCN1c1cc([C@@]2(C)CCCS2(=O)=O)nc(-c2ccnc3c2C=CC3)n1. The van der Waals surface area contributed by atoms with Crippen LogP contribution < -0.4 is 4.90 Å². The third-order valence-corrected chi connectivity index (χ3v) is 9.19. The smallest absolute Gasteiger partial charge is 0.162 e. The second-order valence-corrected chi connectivity index (χ2v) is 11.1. The number of hydrogen-bond donors (Lipinski definition) is 0. The Morgan fingerprint density at radius 1 is 1.30 bits per heavy atom. The topological polar surface area (TPSA) is 85.3 Å². The third-order valence-electron chi connectivity index (χ3n) is 6.58. The Hall–Kier alpha value is -2.32. The van der Waals surface area contributed by atoms with Crippen LogP contribution in [0.4, 0.5) is 5.82 Å². The van der Waals surface area contributed by atoms with Crippen LogP contribution in [-0.4, -0.2) is 54.9 Å². The number of anilines is 1. The molecule has 2 saturated heterocycles. The van der Waals surface area contributed by atoms with E-state index in [9.17, 15) is 8.42 Å². The lowest BCUT2D eigenvalue weighted by Crippen LogP contribution is -2.44. The Balaban J connectivity index is 1.71. The second-order valence-electron chi connectivity index (χ2n) is 8.53. The summed E-state index contributed by atoms with van der Waals surface area (Å²) in [5.41, 5.74) is 3.51. The number of fused-ring (bicyclic) bond motifs is 1. The molecular weight excluding hydrogens is 400 g/mol. The lowest BCUT2D eigenvalue weighted by atomic mass is 10.00. The van der Waals surface area contributed by atoms with Gasteiger partial charge in [-0.3, -0.25) is 4.98 Å². The van der Waals surface area contributed by atoms with Crippen molar-refractivity contribution < 1.29 is 13.2 Å². The molecule has 5 rings (SSSR count). The highest BCUT2D eigenvalue weighted by atomic mass is 32.2. The van der Waals surface area contributed by atoms with E-state index in [4.69, 9.17) is 14.7 Å². The molecule has 0 N–H and O–H groups in total. The summed E-state index contributed by atoms with van der Waals surface area (Å²) in [4.78, 5) is 16.4. The van der Waals surface area contributed by atoms with Crippen LogP contribution in [0.1, 0.15) is 43.6 Å². The van der Waals surface area contributed by atoms with Crippen molar-refractivity contribution in [2.24, 2.45) is 0 Å². The van der Waals surface area contributed by atoms with Crippen molar-refractivity contribution in [1.82, 2.24) is 15.0 Å². The fraction of sp³-hybridized carbons (Fsp3) is 0.500. The van der Waals surface area contributed by atoms with E-state index in [1.54, 1.807) is 6.20 Å². The first-order valence-electron chi connectivity index (χ1n) is 10.5. The van der Waals surface area contributed by atoms with Gasteiger partial charge in [-0.1, -0.05) is 12.2 Å². The third kappa shape index (κ3) is 3.04. The molecule has 1 aliphatic carbocycles. The number of aromatic nitrogens is 3. The van der Waals surface area contributed by atoms with Gasteiger partial charge in [-0.25, -0.2) is 18.4 Å². The molecule has 0 aromatic carbocycles. The van der Waals surface area contributed by atoms with E-state index in [1.807, 2.05) is 19.1 Å². The maximum absolute atomic E-state index is 13.0. The molecule has 0 radical (unpaired) electrons. The quantitative estimate of drug-likeness (QED) is 0.746. The number of nitrogens with zero attached hydrogens (tertiary/aromatic N) is 4. The molecule has 2 fully saturated rings. The van der Waals surface area contributed by atoms with Crippen molar-refractivity contribution in [2.45, 2.75) is 43.9 Å². The molecule has 2 atom stereocenters. The normalized spacial score (nSPS) is 27.4. The Bertz CT molecular complexity index is 1130. The average Bonchev–Trinajstić information content (AvgIpc) is 3.32. The second kappa shape index (κ2) is 7.13. The first-order chi connectivity index (χ1) is 14.4. The van der Waals surface area contributed by atoms with Crippen LogP contribution in [0, 0.1) is 0 Å². The summed E-state index contributed by atoms with van der Waals surface area (Å²) in [6, 6.07) is 3.96. The van der Waals surface area contributed by atoms with Crippen molar-refractivity contribution in [3.8, 4) is 11.4 Å². The zero-order chi connectivity index (χ0) is 20.9. The fourth-order valence-corrected chi connectivity index (χ4v) is 6.51. The van der Waals surface area contributed by atoms with E-state index in [0.29, 0.717) is 37.6 Å². The minimum absolute atomic E-state index is 0.158. The Morgan fingerprint density at radius 3 is 2.93 bits per heavy atom. The molecule has 3 aliphatic rings. The van der Waals surface area contributed by atoms with Gasteiger partial charge in [0, 0.05) is 36.4 Å². The summed E-state index contributed by atoms with van der Waals surface area (Å²) >= 11 is 0. The predicted octanol–water partition coefficient (Wildman–Crippen LogP) is 2.76. The molecule has 0 spiro atoms. The van der Waals surface area contributed by atoms with E-state index in [-0.39, 0.29) is 11.8 Å². The maximum Gasteiger partial charge on any atom is 0.162 e. The predicted molar refractivity (Wildman–Crippen MR) is 116 cm³/mol. The van der Waals surface area contributed by atoms with Gasteiger partial charge in [0.2, 0.25) is 0 Å². The van der Waals surface area contributed by atoms with Crippen LogP contribution in [-0.2, 0) is 25.7 Å². The lowest BCUT2D eigenvalue weighted by Gasteiger charge is -2.35. The maximum atomic E-state index is 13.0. The van der Waals surface area contributed by atoms with Crippen LogP contribution in [0.2, 0.25) is 0 Å². The lowest BCUT2D eigenvalue weighted by molar-refractivity contribution is 0.0985. The van der Waals surface area contributed by atoms with Crippen LogP contribution in [0.15, 0.2) is 24.4 Å². The average molecular weight is 427 g/mol. The number of sulfone groups is 1. The van der Waals surface area contributed by atoms with E-state index in [1.165, 1.54) is 0 Å². The number of allylic oxidation sites excluding steroid dienone is 1. The van der Waals surface area contributed by atoms with Crippen LogP contribution >= 0.6 is 0 Å². The highest BCUT2D eigenvalue weighted by Gasteiger charge is 2.47. The molecule has 0 saturated carbocycles. The van der Waals surface area contributed by atoms with Gasteiger partial charge >= 0.3 is 0 Å². The number of morpholine rings is 1. The summed E-state index contributed by atoms with van der Waals surface area (Å²) in [7, 11) is -3.27. The van der Waals surface area contributed by atoms with Gasteiger partial charge in [-0.15, -0.1) is 0 Å². The van der Waals surface area contributed by atoms with E-state index < -0.39 is 14.6 Å². The van der Waals surface area contributed by atoms with E-state index >= 15 is 0 Å². The van der Waals surface area contributed by atoms with Crippen molar-refractivity contribution in [2.75, 3.05) is 30.4 Å². The molecule has 0 bridgehead atoms. The fourth-order valence-electron chi connectivity index (χ4n) is 4.66. The van der Waals surface area contributed by atoms with Gasteiger partial charge in [0.25, 0.3) is 0 Å². The molecule has 2 aliphatic heterocycles. The van der Waals surface area contributed by atoms with Crippen molar-refractivity contribution >= 4 is 21.7 Å². The highest BCUT2D eigenvalue weighted by molar-refractivity contribution is 7.92. The summed E-state index contributed by atoms with van der Waals surface area (Å²) < 4.78 is 30.5. The minimum Gasteiger partial charge on any atom is -0.377 e. The molecule has 2 aromatic heterocycles. The van der Waals surface area contributed by atoms with Gasteiger partial charge in [0.05, 0.1) is 36.4 Å². The Kier molecular flexibility index (Phi) is 4.67. The van der Waals surface area contributed by atoms with Gasteiger partial charge in [0.1, 0.15) is 10.6 Å². The first-order valence-corrected chi connectivity index (χ1v) is 12.2. The van der Waals surface area contributed by atoms with Crippen molar-refractivity contribution in [3.05, 3.63) is 41.4 Å². The molecule has 4 heterocycles. The standard InChI is InChI=1S/C22H26N4O3S/c1-15-14-29-11-10-26(15)20-13-19(22(2)8-4-12-30(22,27)28)24-21(25-20)17-7-9-23-18-6-3-5-16(17)18/h3,5,7,9,13,15H,4,6,8,10-12,14H2,1-2H3/t15-,22-/m1/s1. The summed E-state index contributed by atoms with van der Waals surface area (Å²) in [6.45, 7) is 5.88. The molecular formula is C22H26N4O3S. The van der Waals surface area contributed by atoms with E-state index in [2.05, 4.69) is 29.0 Å². The zero-order valence-electron chi connectivity index (χ0n) is 17.3. The van der Waals surface area contributed by atoms with Gasteiger partial charge in [-0.05, 0) is 32.8 Å². The Morgan fingerprint density at radius 2 is 2.17 bits per heavy atom. The first kappa shape index (κ1) is 19.6. The molecule has 30 heavy (non-hydrogen) atoms. The van der Waals surface area contributed by atoms with Crippen molar-refractivity contribution in [1.29, 1.82) is 0 Å². The number of rotatable bonds is 3. The monoisotopic (exact) mass is 426 g/mol.